The molecule has 8 nitrogen and oxygen atoms in total. The van der Waals surface area contributed by atoms with E-state index in [9.17, 15) is 19.5 Å². The second-order valence-electron chi connectivity index (χ2n) is 8.56. The maximum atomic E-state index is 12.7. The van der Waals surface area contributed by atoms with Crippen LogP contribution in [0.5, 0.6) is 0 Å². The molecular weight excluding hydrogens is 424 g/mol. The van der Waals surface area contributed by atoms with Gasteiger partial charge in [0.1, 0.15) is 18.7 Å². The third kappa shape index (κ3) is 5.90. The molecule has 0 heterocycles. The average Bonchev–Trinajstić information content (AvgIpc) is 3.10. The third-order valence-electron chi connectivity index (χ3n) is 5.69. The molecule has 1 aliphatic carbocycles. The molecule has 0 aliphatic heterocycles. The Morgan fingerprint density at radius 1 is 0.939 bits per heavy atom. The number of fused-ring (bicyclic) bond motifs is 3. The number of benzene rings is 2. The van der Waals surface area contributed by atoms with Gasteiger partial charge in [0.2, 0.25) is 5.91 Å². The van der Waals surface area contributed by atoms with Gasteiger partial charge in [-0.05, 0) is 34.6 Å². The first-order valence-electron chi connectivity index (χ1n) is 11.1. The van der Waals surface area contributed by atoms with Gasteiger partial charge in [-0.2, -0.15) is 0 Å². The van der Waals surface area contributed by atoms with Crippen molar-refractivity contribution in [2.24, 2.45) is 5.92 Å². The first kappa shape index (κ1) is 24.3. The molecule has 0 bridgehead atoms. The van der Waals surface area contributed by atoms with Crippen LogP contribution in [0, 0.1) is 5.92 Å². The van der Waals surface area contributed by atoms with E-state index in [0.29, 0.717) is 6.42 Å². The van der Waals surface area contributed by atoms with E-state index >= 15 is 0 Å². The zero-order chi connectivity index (χ0) is 24.0. The number of carbonyl (C=O) groups excluding carboxylic acids is 2. The minimum atomic E-state index is -1.25. The van der Waals surface area contributed by atoms with Gasteiger partial charge in [0.15, 0.2) is 0 Å². The summed E-state index contributed by atoms with van der Waals surface area (Å²) in [5.41, 5.74) is 4.39. The fourth-order valence-electron chi connectivity index (χ4n) is 4.14. The molecule has 33 heavy (non-hydrogen) atoms. The van der Waals surface area contributed by atoms with Crippen LogP contribution in [0.15, 0.2) is 48.5 Å². The number of carbonyl (C=O) groups is 3. The van der Waals surface area contributed by atoms with Crippen LogP contribution in [0.2, 0.25) is 0 Å². The molecule has 4 N–H and O–H groups in total. The lowest BCUT2D eigenvalue weighted by Gasteiger charge is -2.23. The number of aliphatic hydroxyl groups excluding tert-OH is 1. The Labute approximate surface area is 193 Å². The molecule has 0 fully saturated rings. The molecular formula is C25H30N2O6. The lowest BCUT2D eigenvalue weighted by atomic mass is 9.98. The van der Waals surface area contributed by atoms with E-state index in [4.69, 9.17) is 9.84 Å². The second kappa shape index (κ2) is 11.0. The number of alkyl carbamates (subject to hydrolysis) is 1. The van der Waals surface area contributed by atoms with E-state index in [1.54, 1.807) is 0 Å². The first-order chi connectivity index (χ1) is 15.8. The predicted octanol–water partition coefficient (Wildman–Crippen LogP) is 2.89. The van der Waals surface area contributed by atoms with Crippen LogP contribution in [0.25, 0.3) is 11.1 Å². The summed E-state index contributed by atoms with van der Waals surface area (Å²) in [6.07, 6.45) is -0.561. The molecule has 0 spiro atoms. The van der Waals surface area contributed by atoms with Crippen molar-refractivity contribution in [1.82, 2.24) is 10.6 Å². The maximum Gasteiger partial charge on any atom is 0.407 e. The summed E-state index contributed by atoms with van der Waals surface area (Å²) in [4.78, 5) is 36.6. The Hall–Kier alpha value is -3.39. The lowest BCUT2D eigenvalue weighted by Crippen LogP contribution is -2.52. The number of hydrogen-bond acceptors (Lipinski definition) is 5. The van der Waals surface area contributed by atoms with Gasteiger partial charge in [0.05, 0.1) is 0 Å². The Morgan fingerprint density at radius 3 is 2.03 bits per heavy atom. The van der Waals surface area contributed by atoms with Crippen LogP contribution in [-0.2, 0) is 14.3 Å². The Kier molecular flexibility index (Phi) is 8.06. The maximum absolute atomic E-state index is 12.7. The predicted molar refractivity (Wildman–Crippen MR) is 123 cm³/mol. The van der Waals surface area contributed by atoms with Crippen molar-refractivity contribution in [1.29, 1.82) is 0 Å². The fraction of sp³-hybridized carbons (Fsp3) is 0.400. The standard InChI is InChI=1S/C25H30N2O6/c1-15(2)13-22(23(29)26-21(11-12-28)24(30)31)27-25(32)33-14-20-18-9-5-3-7-16(18)17-8-4-6-10-19(17)20/h3-10,15,20-22,28H,11-14H2,1-2H3,(H,26,29)(H,27,32)(H,30,31)/t21-,22?/m1/s1. The zero-order valence-electron chi connectivity index (χ0n) is 18.8. The van der Waals surface area contributed by atoms with E-state index in [-0.39, 0.29) is 31.5 Å². The van der Waals surface area contributed by atoms with Gasteiger partial charge in [-0.15, -0.1) is 0 Å². The van der Waals surface area contributed by atoms with Crippen LogP contribution in [0.4, 0.5) is 4.79 Å². The normalized spacial score (nSPS) is 14.2. The highest BCUT2D eigenvalue weighted by atomic mass is 16.5. The van der Waals surface area contributed by atoms with E-state index < -0.39 is 30.1 Å². The number of nitrogens with one attached hydrogen (secondary N) is 2. The van der Waals surface area contributed by atoms with Crippen LogP contribution in [0.3, 0.4) is 0 Å². The van der Waals surface area contributed by atoms with Gasteiger partial charge >= 0.3 is 12.1 Å². The summed E-state index contributed by atoms with van der Waals surface area (Å²) in [7, 11) is 0. The number of carboxylic acid groups (broad SMARTS) is 1. The van der Waals surface area contributed by atoms with E-state index in [2.05, 4.69) is 10.6 Å². The molecule has 0 radical (unpaired) electrons. The molecule has 0 saturated heterocycles. The van der Waals surface area contributed by atoms with E-state index in [1.165, 1.54) is 0 Å². The number of amides is 2. The van der Waals surface area contributed by atoms with Crippen LogP contribution in [-0.4, -0.2) is 53.5 Å². The van der Waals surface area contributed by atoms with E-state index in [1.807, 2.05) is 62.4 Å². The highest BCUT2D eigenvalue weighted by Gasteiger charge is 2.31. The summed E-state index contributed by atoms with van der Waals surface area (Å²) in [5.74, 6) is -1.92. The smallest absolute Gasteiger partial charge is 0.407 e. The second-order valence-corrected chi connectivity index (χ2v) is 8.56. The molecule has 1 aliphatic rings. The summed E-state index contributed by atoms with van der Waals surface area (Å²) < 4.78 is 5.52. The van der Waals surface area contributed by atoms with Crippen molar-refractivity contribution in [3.63, 3.8) is 0 Å². The number of hydrogen-bond donors (Lipinski definition) is 4. The number of aliphatic carboxylic acids is 1. The molecule has 0 aromatic heterocycles. The van der Waals surface area contributed by atoms with Crippen molar-refractivity contribution in [2.75, 3.05) is 13.2 Å². The highest BCUT2D eigenvalue weighted by molar-refractivity contribution is 5.89. The topological polar surface area (TPSA) is 125 Å². The Balaban J connectivity index is 1.66. The van der Waals surface area contributed by atoms with Gasteiger partial charge < -0.3 is 25.6 Å². The monoisotopic (exact) mass is 454 g/mol. The molecule has 2 atom stereocenters. The molecule has 0 saturated carbocycles. The number of ether oxygens (including phenoxy) is 1. The summed E-state index contributed by atoms with van der Waals surface area (Å²) in [6.45, 7) is 3.51. The van der Waals surface area contributed by atoms with Crippen molar-refractivity contribution in [3.05, 3.63) is 59.7 Å². The largest absolute Gasteiger partial charge is 0.480 e. The number of carboxylic acids is 1. The molecule has 3 rings (SSSR count). The molecule has 1 unspecified atom stereocenters. The minimum Gasteiger partial charge on any atom is -0.480 e. The Morgan fingerprint density at radius 2 is 1.52 bits per heavy atom. The quantitative estimate of drug-likeness (QED) is 0.438. The van der Waals surface area contributed by atoms with Crippen LogP contribution < -0.4 is 10.6 Å². The Bertz CT molecular complexity index is 960. The van der Waals surface area contributed by atoms with Gasteiger partial charge in [0.25, 0.3) is 0 Å². The molecule has 2 aromatic rings. The van der Waals surface area contributed by atoms with Gasteiger partial charge in [0, 0.05) is 18.9 Å². The summed E-state index contributed by atoms with van der Waals surface area (Å²) >= 11 is 0. The van der Waals surface area contributed by atoms with Crippen molar-refractivity contribution in [3.8, 4) is 11.1 Å². The number of aliphatic hydroxyl groups is 1. The van der Waals surface area contributed by atoms with Crippen molar-refractivity contribution < 1.29 is 29.3 Å². The summed E-state index contributed by atoms with van der Waals surface area (Å²) in [5, 5.41) is 23.2. The van der Waals surface area contributed by atoms with Gasteiger partial charge in [-0.1, -0.05) is 62.4 Å². The molecule has 8 heteroatoms. The number of rotatable bonds is 10. The molecule has 2 aromatic carbocycles. The molecule has 2 amide bonds. The first-order valence-corrected chi connectivity index (χ1v) is 11.1. The fourth-order valence-corrected chi connectivity index (χ4v) is 4.14. The van der Waals surface area contributed by atoms with Crippen molar-refractivity contribution >= 4 is 18.0 Å². The van der Waals surface area contributed by atoms with Crippen molar-refractivity contribution in [2.45, 2.75) is 44.7 Å². The zero-order valence-corrected chi connectivity index (χ0v) is 18.8. The van der Waals surface area contributed by atoms with Gasteiger partial charge in [-0.3, -0.25) is 4.79 Å². The SMILES string of the molecule is CC(C)CC(NC(=O)OCC1c2ccccc2-c2ccccc21)C(=O)N[C@H](CCO)C(=O)O. The van der Waals surface area contributed by atoms with Crippen LogP contribution in [0.1, 0.15) is 43.7 Å². The molecule has 176 valence electrons. The highest BCUT2D eigenvalue weighted by Crippen LogP contribution is 2.44. The third-order valence-corrected chi connectivity index (χ3v) is 5.69. The van der Waals surface area contributed by atoms with E-state index in [0.717, 1.165) is 22.3 Å². The lowest BCUT2D eigenvalue weighted by molar-refractivity contribution is -0.142. The van der Waals surface area contributed by atoms with Gasteiger partial charge in [-0.25, -0.2) is 9.59 Å². The average molecular weight is 455 g/mol. The van der Waals surface area contributed by atoms with Crippen LogP contribution >= 0.6 is 0 Å². The summed E-state index contributed by atoms with van der Waals surface area (Å²) in [6, 6.07) is 13.8. The minimum absolute atomic E-state index is 0.0655.